The Labute approximate surface area is 91.9 Å². The van der Waals surface area contributed by atoms with Crippen LogP contribution in [0, 0.1) is 17.0 Å². The maximum atomic E-state index is 12.9. The van der Waals surface area contributed by atoms with Crippen LogP contribution >= 0.6 is 0 Å². The third kappa shape index (κ3) is 1.92. The predicted octanol–water partition coefficient (Wildman–Crippen LogP) is 2.76. The van der Waals surface area contributed by atoms with E-state index < -0.39 is 23.0 Å². The maximum absolute atomic E-state index is 12.9. The van der Waals surface area contributed by atoms with Gasteiger partial charge in [-0.15, -0.1) is 0 Å². The van der Waals surface area contributed by atoms with Crippen molar-refractivity contribution in [1.82, 2.24) is 0 Å². The number of hydrogen-bond acceptors (Lipinski definition) is 1. The van der Waals surface area contributed by atoms with Crippen molar-refractivity contribution >= 4 is 5.97 Å². The van der Waals surface area contributed by atoms with Gasteiger partial charge in [0.25, 0.3) is 0 Å². The highest BCUT2D eigenvalue weighted by Gasteiger charge is 2.44. The lowest BCUT2D eigenvalue weighted by molar-refractivity contribution is -0.154. The highest BCUT2D eigenvalue weighted by Crippen LogP contribution is 2.44. The molecule has 0 spiro atoms. The Kier molecular flexibility index (Phi) is 2.66. The third-order valence-corrected chi connectivity index (χ3v) is 3.23. The number of rotatable bonds is 3. The zero-order valence-electron chi connectivity index (χ0n) is 8.67. The molecule has 1 aliphatic rings. The number of aliphatic carboxylic acids is 1. The minimum Gasteiger partial charge on any atom is -0.481 e. The fourth-order valence-electron chi connectivity index (χ4n) is 2.17. The van der Waals surface area contributed by atoms with E-state index in [1.165, 1.54) is 12.1 Å². The molecule has 0 saturated heterocycles. The van der Waals surface area contributed by atoms with E-state index in [0.29, 0.717) is 18.4 Å². The molecule has 0 amide bonds. The lowest BCUT2D eigenvalue weighted by atomic mass is 9.65. The van der Waals surface area contributed by atoms with E-state index in [2.05, 4.69) is 0 Å². The zero-order valence-corrected chi connectivity index (χ0v) is 8.67. The van der Waals surface area contributed by atoms with Crippen LogP contribution in [-0.4, -0.2) is 11.1 Å². The zero-order chi connectivity index (χ0) is 11.8. The number of benzene rings is 1. The van der Waals surface area contributed by atoms with Gasteiger partial charge >= 0.3 is 5.97 Å². The molecule has 0 unspecified atom stereocenters. The van der Waals surface area contributed by atoms with Crippen molar-refractivity contribution in [1.29, 1.82) is 0 Å². The van der Waals surface area contributed by atoms with Crippen LogP contribution < -0.4 is 0 Å². The van der Waals surface area contributed by atoms with E-state index in [1.54, 1.807) is 0 Å². The Morgan fingerprint density at radius 2 is 1.81 bits per heavy atom. The molecule has 1 saturated carbocycles. The predicted molar refractivity (Wildman–Crippen MR) is 54.0 cm³/mol. The Bertz CT molecular complexity index is 405. The molecule has 0 aromatic heterocycles. The first kappa shape index (κ1) is 11.0. The normalized spacial score (nSPS) is 17.9. The lowest BCUT2D eigenvalue weighted by Crippen LogP contribution is -2.39. The first-order valence-electron chi connectivity index (χ1n) is 5.20. The van der Waals surface area contributed by atoms with E-state index in [1.807, 2.05) is 0 Å². The summed E-state index contributed by atoms with van der Waals surface area (Å²) >= 11 is 0. The van der Waals surface area contributed by atoms with E-state index >= 15 is 0 Å². The number of carboxylic acid groups (broad SMARTS) is 1. The highest BCUT2D eigenvalue weighted by atomic mass is 19.1. The van der Waals surface area contributed by atoms with Crippen molar-refractivity contribution in [2.75, 3.05) is 0 Å². The Morgan fingerprint density at radius 3 is 2.19 bits per heavy atom. The van der Waals surface area contributed by atoms with Crippen LogP contribution in [0.5, 0.6) is 0 Å². The molecule has 0 atom stereocenters. The van der Waals surface area contributed by atoms with Crippen LogP contribution in [0.15, 0.2) is 18.2 Å². The van der Waals surface area contributed by atoms with Crippen molar-refractivity contribution in [3.63, 3.8) is 0 Å². The van der Waals surface area contributed by atoms with Crippen LogP contribution in [0.4, 0.5) is 8.78 Å². The van der Waals surface area contributed by atoms with Gasteiger partial charge in [0.1, 0.15) is 11.6 Å². The van der Waals surface area contributed by atoms with E-state index in [9.17, 15) is 13.6 Å². The molecule has 1 fully saturated rings. The second-order valence-corrected chi connectivity index (χ2v) is 4.39. The average molecular weight is 226 g/mol. The van der Waals surface area contributed by atoms with Crippen LogP contribution in [0.3, 0.4) is 0 Å². The molecule has 2 nitrogen and oxygen atoms in total. The van der Waals surface area contributed by atoms with Gasteiger partial charge in [-0.1, -0.05) is 6.42 Å². The Morgan fingerprint density at radius 1 is 1.25 bits per heavy atom. The summed E-state index contributed by atoms with van der Waals surface area (Å²) in [7, 11) is 0. The van der Waals surface area contributed by atoms with E-state index in [-0.39, 0.29) is 6.42 Å². The van der Waals surface area contributed by atoms with Gasteiger partial charge in [0, 0.05) is 6.07 Å². The number of carbonyl (C=O) groups is 1. The summed E-state index contributed by atoms with van der Waals surface area (Å²) in [5.41, 5.74) is -0.389. The minimum absolute atomic E-state index is 0.205. The highest BCUT2D eigenvalue weighted by molar-refractivity contribution is 5.76. The molecule has 0 bridgehead atoms. The molecule has 0 aliphatic heterocycles. The van der Waals surface area contributed by atoms with Gasteiger partial charge < -0.3 is 5.11 Å². The number of carboxylic acids is 1. The minimum atomic E-state index is -0.872. The standard InChI is InChI=1S/C12H12F2O2/c13-9-4-8(5-10(14)6-9)7-12(11(15)16)2-1-3-12/h4-6H,1-3,7H2,(H,15,16). The second kappa shape index (κ2) is 3.85. The summed E-state index contributed by atoms with van der Waals surface area (Å²) < 4.78 is 25.9. The van der Waals surface area contributed by atoms with Gasteiger partial charge in [-0.25, -0.2) is 8.78 Å². The van der Waals surface area contributed by atoms with Crippen LogP contribution in [-0.2, 0) is 11.2 Å². The topological polar surface area (TPSA) is 37.3 Å². The molecule has 0 heterocycles. The van der Waals surface area contributed by atoms with Gasteiger partial charge in [-0.2, -0.15) is 0 Å². The summed E-state index contributed by atoms with van der Waals surface area (Å²) in [6.07, 6.45) is 2.24. The molecular formula is C12H12F2O2. The van der Waals surface area contributed by atoms with Gasteiger partial charge in [0.2, 0.25) is 0 Å². The van der Waals surface area contributed by atoms with Gasteiger partial charge in [0.05, 0.1) is 5.41 Å². The van der Waals surface area contributed by atoms with Crippen LogP contribution in [0.25, 0.3) is 0 Å². The third-order valence-electron chi connectivity index (χ3n) is 3.23. The SMILES string of the molecule is O=C(O)C1(Cc2cc(F)cc(F)c2)CCC1. The molecular weight excluding hydrogens is 214 g/mol. The van der Waals surface area contributed by atoms with Crippen molar-refractivity contribution in [2.45, 2.75) is 25.7 Å². The summed E-state index contributed by atoms with van der Waals surface area (Å²) in [5.74, 6) is -2.19. The van der Waals surface area contributed by atoms with Crippen molar-refractivity contribution in [3.05, 3.63) is 35.4 Å². The molecule has 16 heavy (non-hydrogen) atoms. The van der Waals surface area contributed by atoms with Gasteiger partial charge in [0.15, 0.2) is 0 Å². The second-order valence-electron chi connectivity index (χ2n) is 4.39. The molecule has 86 valence electrons. The maximum Gasteiger partial charge on any atom is 0.309 e. The Balaban J connectivity index is 2.22. The molecule has 0 radical (unpaired) electrons. The number of halogens is 2. The van der Waals surface area contributed by atoms with Crippen molar-refractivity contribution in [3.8, 4) is 0 Å². The quantitative estimate of drug-likeness (QED) is 0.860. The van der Waals surface area contributed by atoms with E-state index in [0.717, 1.165) is 12.5 Å². The van der Waals surface area contributed by atoms with Crippen LogP contribution in [0.1, 0.15) is 24.8 Å². The first-order valence-corrected chi connectivity index (χ1v) is 5.20. The average Bonchev–Trinajstić information content (AvgIpc) is 2.09. The lowest BCUT2D eigenvalue weighted by Gasteiger charge is -2.37. The van der Waals surface area contributed by atoms with E-state index in [4.69, 9.17) is 5.11 Å². The van der Waals surface area contributed by atoms with Gasteiger partial charge in [-0.05, 0) is 37.0 Å². The molecule has 4 heteroatoms. The summed E-state index contributed by atoms with van der Waals surface area (Å²) in [6.45, 7) is 0. The molecule has 2 rings (SSSR count). The molecule has 1 aromatic carbocycles. The van der Waals surface area contributed by atoms with Crippen molar-refractivity contribution in [2.24, 2.45) is 5.41 Å². The molecule has 1 N–H and O–H groups in total. The fourth-order valence-corrected chi connectivity index (χ4v) is 2.17. The molecule has 1 aromatic rings. The van der Waals surface area contributed by atoms with Crippen molar-refractivity contribution < 1.29 is 18.7 Å². The summed E-state index contributed by atoms with van der Waals surface area (Å²) in [5, 5.41) is 9.10. The largest absolute Gasteiger partial charge is 0.481 e. The smallest absolute Gasteiger partial charge is 0.309 e. The van der Waals surface area contributed by atoms with Gasteiger partial charge in [-0.3, -0.25) is 4.79 Å². The summed E-state index contributed by atoms with van der Waals surface area (Å²) in [6, 6.07) is 3.19. The molecule has 1 aliphatic carbocycles. The Hall–Kier alpha value is -1.45. The fraction of sp³-hybridized carbons (Fsp3) is 0.417. The summed E-state index contributed by atoms with van der Waals surface area (Å²) in [4.78, 5) is 11.1. The number of hydrogen-bond donors (Lipinski definition) is 1. The van der Waals surface area contributed by atoms with Crippen LogP contribution in [0.2, 0.25) is 0 Å². The monoisotopic (exact) mass is 226 g/mol. The first-order chi connectivity index (χ1) is 7.52.